The third kappa shape index (κ3) is 5.36. The Bertz CT molecular complexity index is 330. The van der Waals surface area contributed by atoms with E-state index in [0.29, 0.717) is 12.4 Å². The van der Waals surface area contributed by atoms with Gasteiger partial charge in [0.1, 0.15) is 18.9 Å². The summed E-state index contributed by atoms with van der Waals surface area (Å²) in [5, 5.41) is 0. The minimum atomic E-state index is -0.653. The molecular weight excluding hydrogens is 206 g/mol. The topological polar surface area (TPSA) is 35.5 Å². The fraction of sp³-hybridized carbons (Fsp3) is 0.417. The Kier molecular flexibility index (Phi) is 4.31. The quantitative estimate of drug-likeness (QED) is 0.445. The van der Waals surface area contributed by atoms with E-state index >= 15 is 0 Å². The first-order valence-electron chi connectivity index (χ1n) is 5.17. The second kappa shape index (κ2) is 5.51. The molecule has 16 heavy (non-hydrogen) atoms. The predicted octanol–water partition coefficient (Wildman–Crippen LogP) is 1.91. The monoisotopic (exact) mass is 224 g/mol. The van der Waals surface area contributed by atoms with Gasteiger partial charge in [-0.05, 0) is 12.1 Å². The van der Waals surface area contributed by atoms with E-state index in [1.165, 1.54) is 0 Å². The maximum absolute atomic E-state index is 11.2. The molecule has 1 aromatic rings. The van der Waals surface area contributed by atoms with Gasteiger partial charge in [0.25, 0.3) is 0 Å². The van der Waals surface area contributed by atoms with Crippen molar-refractivity contribution in [1.82, 2.24) is 0 Å². The number of hydrogen-bond acceptors (Lipinski definition) is 3. The Balaban J connectivity index is 2.27. The molecule has 0 radical (unpaired) electrons. The number of benzene rings is 1. The van der Waals surface area contributed by atoms with Gasteiger partial charge in [0.05, 0.1) is 21.1 Å². The molecule has 0 fully saturated rings. The number of ether oxygens (including phenoxy) is 2. The molecule has 1 aromatic carbocycles. The lowest BCUT2D eigenvalue weighted by Gasteiger charge is -2.23. The van der Waals surface area contributed by atoms with Crippen LogP contribution in [0.2, 0.25) is 0 Å². The molecule has 1 rings (SSSR count). The van der Waals surface area contributed by atoms with Gasteiger partial charge < -0.3 is 14.0 Å². The van der Waals surface area contributed by atoms with Gasteiger partial charge in [-0.3, -0.25) is 0 Å². The fourth-order valence-corrected chi connectivity index (χ4v) is 1.02. The van der Waals surface area contributed by atoms with Gasteiger partial charge >= 0.3 is 6.16 Å². The average Bonchev–Trinajstić information content (AvgIpc) is 2.17. The molecule has 4 heteroatoms. The molecule has 0 aliphatic heterocycles. The molecule has 0 amide bonds. The molecular formula is C12H18NO3+. The lowest BCUT2D eigenvalue weighted by atomic mass is 10.3. The van der Waals surface area contributed by atoms with Crippen LogP contribution in [0.25, 0.3) is 0 Å². The average molecular weight is 224 g/mol. The molecule has 0 aliphatic carbocycles. The lowest BCUT2D eigenvalue weighted by molar-refractivity contribution is -0.870. The summed E-state index contributed by atoms with van der Waals surface area (Å²) in [6, 6.07) is 8.88. The molecule has 4 nitrogen and oxygen atoms in total. The maximum atomic E-state index is 11.2. The molecule has 0 bridgehead atoms. The molecule has 0 aliphatic rings. The third-order valence-electron chi connectivity index (χ3n) is 1.93. The zero-order chi connectivity index (χ0) is 12.0. The Morgan fingerprint density at radius 2 is 1.81 bits per heavy atom. The van der Waals surface area contributed by atoms with Gasteiger partial charge in [0.2, 0.25) is 0 Å². The summed E-state index contributed by atoms with van der Waals surface area (Å²) in [6.45, 7) is 1.11. The second-order valence-electron chi connectivity index (χ2n) is 4.53. The van der Waals surface area contributed by atoms with Crippen molar-refractivity contribution in [3.05, 3.63) is 30.3 Å². The summed E-state index contributed by atoms with van der Waals surface area (Å²) < 4.78 is 10.7. The Morgan fingerprint density at radius 1 is 1.19 bits per heavy atom. The van der Waals surface area contributed by atoms with Crippen LogP contribution in [0, 0.1) is 0 Å². The van der Waals surface area contributed by atoms with E-state index in [9.17, 15) is 4.79 Å². The molecule has 0 unspecified atom stereocenters. The molecule has 0 saturated carbocycles. The maximum Gasteiger partial charge on any atom is 0.514 e. The van der Waals surface area contributed by atoms with Crippen LogP contribution in [0.1, 0.15) is 0 Å². The molecule has 0 aromatic heterocycles. The molecule has 0 atom stereocenters. The van der Waals surface area contributed by atoms with Crippen molar-refractivity contribution in [2.45, 2.75) is 0 Å². The summed E-state index contributed by atoms with van der Waals surface area (Å²) in [6.07, 6.45) is -0.653. The highest BCUT2D eigenvalue weighted by Gasteiger charge is 2.10. The number of carbonyl (C=O) groups excluding carboxylic acids is 1. The third-order valence-corrected chi connectivity index (χ3v) is 1.93. The van der Waals surface area contributed by atoms with Crippen molar-refractivity contribution >= 4 is 6.16 Å². The number of likely N-dealkylation sites (N-methyl/N-ethyl adjacent to an activating group) is 1. The zero-order valence-electron chi connectivity index (χ0n) is 9.97. The van der Waals surface area contributed by atoms with Gasteiger partial charge in [0.15, 0.2) is 0 Å². The van der Waals surface area contributed by atoms with Crippen molar-refractivity contribution < 1.29 is 18.8 Å². The first-order valence-corrected chi connectivity index (χ1v) is 5.17. The van der Waals surface area contributed by atoms with Crippen LogP contribution in [-0.2, 0) is 4.74 Å². The minimum Gasteiger partial charge on any atom is -0.428 e. The van der Waals surface area contributed by atoms with E-state index in [2.05, 4.69) is 0 Å². The van der Waals surface area contributed by atoms with E-state index in [1.54, 1.807) is 24.3 Å². The highest BCUT2D eigenvalue weighted by atomic mass is 16.7. The van der Waals surface area contributed by atoms with Crippen LogP contribution < -0.4 is 4.74 Å². The summed E-state index contributed by atoms with van der Waals surface area (Å²) in [5.74, 6) is 0.498. The van der Waals surface area contributed by atoms with Gasteiger partial charge in [0, 0.05) is 0 Å². The smallest absolute Gasteiger partial charge is 0.428 e. The van der Waals surface area contributed by atoms with Gasteiger partial charge in [-0.1, -0.05) is 18.2 Å². The van der Waals surface area contributed by atoms with Crippen molar-refractivity contribution in [1.29, 1.82) is 0 Å². The van der Waals surface area contributed by atoms with Crippen LogP contribution in [0.3, 0.4) is 0 Å². The number of carbonyl (C=O) groups is 1. The van der Waals surface area contributed by atoms with E-state index in [0.717, 1.165) is 11.0 Å². The highest BCUT2D eigenvalue weighted by Crippen LogP contribution is 2.08. The van der Waals surface area contributed by atoms with E-state index in [4.69, 9.17) is 9.47 Å². The number of rotatable bonds is 4. The fourth-order valence-electron chi connectivity index (χ4n) is 1.02. The van der Waals surface area contributed by atoms with Crippen molar-refractivity contribution in [2.75, 3.05) is 34.3 Å². The molecule has 0 saturated heterocycles. The molecule has 0 N–H and O–H groups in total. The number of hydrogen-bond donors (Lipinski definition) is 0. The Morgan fingerprint density at radius 3 is 2.38 bits per heavy atom. The van der Waals surface area contributed by atoms with Crippen LogP contribution in [0.5, 0.6) is 5.75 Å². The highest BCUT2D eigenvalue weighted by molar-refractivity contribution is 5.63. The van der Waals surface area contributed by atoms with Gasteiger partial charge in [-0.15, -0.1) is 0 Å². The summed E-state index contributed by atoms with van der Waals surface area (Å²) in [7, 11) is 6.10. The van der Waals surface area contributed by atoms with Crippen LogP contribution in [-0.4, -0.2) is 44.9 Å². The van der Waals surface area contributed by atoms with Crippen molar-refractivity contribution in [3.63, 3.8) is 0 Å². The van der Waals surface area contributed by atoms with E-state index in [1.807, 2.05) is 27.2 Å². The number of nitrogens with zero attached hydrogens (tertiary/aromatic N) is 1. The van der Waals surface area contributed by atoms with Crippen LogP contribution in [0.4, 0.5) is 4.79 Å². The van der Waals surface area contributed by atoms with Gasteiger partial charge in [-0.2, -0.15) is 0 Å². The summed E-state index contributed by atoms with van der Waals surface area (Å²) >= 11 is 0. The normalized spacial score (nSPS) is 10.9. The lowest BCUT2D eigenvalue weighted by Crippen LogP contribution is -2.38. The largest absolute Gasteiger partial charge is 0.514 e. The SMILES string of the molecule is C[N+](C)(C)CCOC(=O)Oc1ccccc1. The first-order chi connectivity index (χ1) is 7.47. The number of quaternary nitrogens is 1. The molecule has 88 valence electrons. The number of para-hydroxylation sites is 1. The Labute approximate surface area is 96.0 Å². The van der Waals surface area contributed by atoms with E-state index < -0.39 is 6.16 Å². The molecule has 0 spiro atoms. The van der Waals surface area contributed by atoms with E-state index in [-0.39, 0.29) is 0 Å². The van der Waals surface area contributed by atoms with Crippen LogP contribution in [0.15, 0.2) is 30.3 Å². The van der Waals surface area contributed by atoms with Crippen molar-refractivity contribution in [2.24, 2.45) is 0 Å². The standard InChI is InChI=1S/C12H18NO3/c1-13(2,3)9-10-15-12(14)16-11-7-5-4-6-8-11/h4-8H,9-10H2,1-3H3/q+1. The Hall–Kier alpha value is -1.55. The summed E-state index contributed by atoms with van der Waals surface area (Å²) in [4.78, 5) is 11.2. The first kappa shape index (κ1) is 12.5. The summed E-state index contributed by atoms with van der Waals surface area (Å²) in [5.41, 5.74) is 0. The molecule has 0 heterocycles. The second-order valence-corrected chi connectivity index (χ2v) is 4.53. The minimum absolute atomic E-state index is 0.356. The predicted molar refractivity (Wildman–Crippen MR) is 61.3 cm³/mol. The zero-order valence-corrected chi connectivity index (χ0v) is 9.97. The van der Waals surface area contributed by atoms with Crippen LogP contribution >= 0.6 is 0 Å². The van der Waals surface area contributed by atoms with Gasteiger partial charge in [-0.25, -0.2) is 4.79 Å². The van der Waals surface area contributed by atoms with Crippen molar-refractivity contribution in [3.8, 4) is 5.75 Å².